The maximum Gasteiger partial charge on any atom is 0.261 e. The van der Waals surface area contributed by atoms with E-state index in [9.17, 15) is 4.79 Å². The van der Waals surface area contributed by atoms with E-state index in [2.05, 4.69) is 17.3 Å². The van der Waals surface area contributed by atoms with E-state index in [0.29, 0.717) is 18.4 Å². The van der Waals surface area contributed by atoms with Gasteiger partial charge in [0.2, 0.25) is 0 Å². The van der Waals surface area contributed by atoms with Gasteiger partial charge in [-0.3, -0.25) is 4.79 Å². The van der Waals surface area contributed by atoms with Crippen molar-refractivity contribution in [1.29, 1.82) is 0 Å². The second-order valence-electron chi connectivity index (χ2n) is 7.56. The molecule has 1 aliphatic heterocycles. The number of aryl methyl sites for hydroxylation is 1. The standard InChI is InChI=1S/C23H30N2O3/c1-17-4-8-20(9-5-17)27-18(2)23(26)24-16-19-6-10-21(11-7-19)28-22-12-14-25(3)15-13-22/h4-11,18,22H,12-16H2,1-3H3,(H,24,26)/t18-/m0/s1. The van der Waals surface area contributed by atoms with E-state index in [4.69, 9.17) is 9.47 Å². The van der Waals surface area contributed by atoms with Gasteiger partial charge in [0, 0.05) is 19.6 Å². The first-order valence-corrected chi connectivity index (χ1v) is 9.95. The fourth-order valence-corrected chi connectivity index (χ4v) is 3.19. The van der Waals surface area contributed by atoms with Gasteiger partial charge < -0.3 is 19.7 Å². The summed E-state index contributed by atoms with van der Waals surface area (Å²) in [5.74, 6) is 1.46. The quantitative estimate of drug-likeness (QED) is 0.796. The summed E-state index contributed by atoms with van der Waals surface area (Å²) in [6, 6.07) is 15.6. The van der Waals surface area contributed by atoms with Crippen LogP contribution in [-0.4, -0.2) is 43.2 Å². The molecule has 3 rings (SSSR count). The van der Waals surface area contributed by atoms with E-state index in [1.54, 1.807) is 6.92 Å². The molecule has 2 aromatic rings. The van der Waals surface area contributed by atoms with Crippen molar-refractivity contribution in [2.45, 2.75) is 45.4 Å². The number of likely N-dealkylation sites (tertiary alicyclic amines) is 1. The highest BCUT2D eigenvalue weighted by Gasteiger charge is 2.18. The van der Waals surface area contributed by atoms with Gasteiger partial charge in [0.15, 0.2) is 6.10 Å². The highest BCUT2D eigenvalue weighted by atomic mass is 16.5. The Morgan fingerprint density at radius 3 is 2.32 bits per heavy atom. The zero-order valence-corrected chi connectivity index (χ0v) is 17.0. The summed E-state index contributed by atoms with van der Waals surface area (Å²) in [5.41, 5.74) is 2.19. The minimum atomic E-state index is -0.547. The summed E-state index contributed by atoms with van der Waals surface area (Å²) in [7, 11) is 2.14. The Morgan fingerprint density at radius 2 is 1.68 bits per heavy atom. The topological polar surface area (TPSA) is 50.8 Å². The largest absolute Gasteiger partial charge is 0.490 e. The molecule has 1 atom stereocenters. The fourth-order valence-electron chi connectivity index (χ4n) is 3.19. The molecule has 0 aromatic heterocycles. The van der Waals surface area contributed by atoms with Gasteiger partial charge in [-0.2, -0.15) is 0 Å². The third-order valence-corrected chi connectivity index (χ3v) is 5.06. The highest BCUT2D eigenvalue weighted by molar-refractivity contribution is 5.80. The second-order valence-corrected chi connectivity index (χ2v) is 7.56. The molecule has 150 valence electrons. The molecule has 1 heterocycles. The molecule has 2 aromatic carbocycles. The van der Waals surface area contributed by atoms with E-state index in [1.165, 1.54) is 0 Å². The Balaban J connectivity index is 1.43. The van der Waals surface area contributed by atoms with Crippen molar-refractivity contribution in [1.82, 2.24) is 10.2 Å². The average molecular weight is 383 g/mol. The molecule has 1 N–H and O–H groups in total. The van der Waals surface area contributed by atoms with Gasteiger partial charge in [0.05, 0.1) is 0 Å². The van der Waals surface area contributed by atoms with E-state index in [-0.39, 0.29) is 5.91 Å². The van der Waals surface area contributed by atoms with Gasteiger partial charge in [0.25, 0.3) is 5.91 Å². The third kappa shape index (κ3) is 5.99. The van der Waals surface area contributed by atoms with Crippen molar-refractivity contribution in [3.8, 4) is 11.5 Å². The first-order chi connectivity index (χ1) is 13.5. The number of nitrogens with zero attached hydrogens (tertiary/aromatic N) is 1. The normalized spacial score (nSPS) is 16.4. The number of nitrogens with one attached hydrogen (secondary N) is 1. The first-order valence-electron chi connectivity index (χ1n) is 9.95. The van der Waals surface area contributed by atoms with Crippen LogP contribution in [0.1, 0.15) is 30.9 Å². The van der Waals surface area contributed by atoms with Crippen LogP contribution >= 0.6 is 0 Å². The van der Waals surface area contributed by atoms with Crippen LogP contribution in [0.2, 0.25) is 0 Å². The van der Waals surface area contributed by atoms with E-state index in [0.717, 1.165) is 42.8 Å². The van der Waals surface area contributed by atoms with Crippen molar-refractivity contribution >= 4 is 5.91 Å². The summed E-state index contributed by atoms with van der Waals surface area (Å²) < 4.78 is 11.8. The lowest BCUT2D eigenvalue weighted by Crippen LogP contribution is -2.36. The van der Waals surface area contributed by atoms with Crippen molar-refractivity contribution in [3.05, 3.63) is 59.7 Å². The number of hydrogen-bond donors (Lipinski definition) is 1. The van der Waals surface area contributed by atoms with Gasteiger partial charge in [-0.1, -0.05) is 29.8 Å². The Hall–Kier alpha value is -2.53. The number of piperidine rings is 1. The molecule has 1 aliphatic rings. The van der Waals surface area contributed by atoms with Crippen molar-refractivity contribution in [2.75, 3.05) is 20.1 Å². The van der Waals surface area contributed by atoms with Crippen LogP contribution in [0.15, 0.2) is 48.5 Å². The molecule has 28 heavy (non-hydrogen) atoms. The number of carbonyl (C=O) groups excluding carboxylic acids is 1. The number of benzene rings is 2. The second kappa shape index (κ2) is 9.60. The van der Waals surface area contributed by atoms with Gasteiger partial charge >= 0.3 is 0 Å². The van der Waals surface area contributed by atoms with Gasteiger partial charge in [-0.05, 0) is 63.6 Å². The molecule has 1 saturated heterocycles. The van der Waals surface area contributed by atoms with Gasteiger partial charge in [-0.25, -0.2) is 0 Å². The van der Waals surface area contributed by atoms with Crippen molar-refractivity contribution in [2.24, 2.45) is 0 Å². The number of ether oxygens (including phenoxy) is 2. The van der Waals surface area contributed by atoms with Crippen LogP contribution < -0.4 is 14.8 Å². The number of amides is 1. The maximum atomic E-state index is 12.3. The summed E-state index contributed by atoms with van der Waals surface area (Å²) in [5, 5.41) is 2.93. The fraction of sp³-hybridized carbons (Fsp3) is 0.435. The van der Waals surface area contributed by atoms with E-state index >= 15 is 0 Å². The first kappa shape index (κ1) is 20.2. The Labute approximate surface area is 167 Å². The SMILES string of the molecule is Cc1ccc(O[C@@H](C)C(=O)NCc2ccc(OC3CCN(C)CC3)cc2)cc1. The lowest BCUT2D eigenvalue weighted by atomic mass is 10.1. The summed E-state index contributed by atoms with van der Waals surface area (Å²) in [6.45, 7) is 6.40. The van der Waals surface area contributed by atoms with Crippen LogP contribution in [0.5, 0.6) is 11.5 Å². The molecule has 1 amide bonds. The molecular weight excluding hydrogens is 352 g/mol. The summed E-state index contributed by atoms with van der Waals surface area (Å²) in [4.78, 5) is 14.6. The van der Waals surface area contributed by atoms with E-state index in [1.807, 2.05) is 55.5 Å². The number of carbonyl (C=O) groups is 1. The minimum absolute atomic E-state index is 0.132. The van der Waals surface area contributed by atoms with Gasteiger partial charge in [0.1, 0.15) is 17.6 Å². The molecule has 0 bridgehead atoms. The van der Waals surface area contributed by atoms with Crippen molar-refractivity contribution in [3.63, 3.8) is 0 Å². The molecule has 0 aliphatic carbocycles. The monoisotopic (exact) mass is 382 g/mol. The molecule has 5 nitrogen and oxygen atoms in total. The summed E-state index contributed by atoms with van der Waals surface area (Å²) in [6.07, 6.45) is 1.87. The molecule has 0 spiro atoms. The molecule has 0 unspecified atom stereocenters. The van der Waals surface area contributed by atoms with Crippen molar-refractivity contribution < 1.29 is 14.3 Å². The van der Waals surface area contributed by atoms with Crippen LogP contribution in [0.3, 0.4) is 0 Å². The lowest BCUT2D eigenvalue weighted by molar-refractivity contribution is -0.127. The minimum Gasteiger partial charge on any atom is -0.490 e. The molecule has 0 saturated carbocycles. The maximum absolute atomic E-state index is 12.3. The predicted octanol–water partition coefficient (Wildman–Crippen LogP) is 3.55. The predicted molar refractivity (Wildman–Crippen MR) is 111 cm³/mol. The third-order valence-electron chi connectivity index (χ3n) is 5.06. The Bertz CT molecular complexity index is 750. The van der Waals surface area contributed by atoms with Crippen LogP contribution in [0.25, 0.3) is 0 Å². The smallest absolute Gasteiger partial charge is 0.261 e. The Morgan fingerprint density at radius 1 is 1.07 bits per heavy atom. The average Bonchev–Trinajstić information content (AvgIpc) is 2.70. The van der Waals surface area contributed by atoms with E-state index < -0.39 is 6.10 Å². The number of hydrogen-bond acceptors (Lipinski definition) is 4. The van der Waals surface area contributed by atoms with Crippen LogP contribution in [0.4, 0.5) is 0 Å². The zero-order valence-electron chi connectivity index (χ0n) is 17.0. The Kier molecular flexibility index (Phi) is 6.93. The lowest BCUT2D eigenvalue weighted by Gasteiger charge is -2.29. The molecule has 5 heteroatoms. The number of rotatable bonds is 7. The zero-order chi connectivity index (χ0) is 19.9. The van der Waals surface area contributed by atoms with Gasteiger partial charge in [-0.15, -0.1) is 0 Å². The molecular formula is C23H30N2O3. The molecule has 0 radical (unpaired) electrons. The highest BCUT2D eigenvalue weighted by Crippen LogP contribution is 2.19. The van der Waals surface area contributed by atoms with Crippen LogP contribution in [0, 0.1) is 6.92 Å². The van der Waals surface area contributed by atoms with Crippen LogP contribution in [-0.2, 0) is 11.3 Å². The molecule has 1 fully saturated rings. The summed E-state index contributed by atoms with van der Waals surface area (Å²) >= 11 is 0.